The second kappa shape index (κ2) is 7.43. The molecule has 0 saturated heterocycles. The van der Waals surface area contributed by atoms with Gasteiger partial charge in [-0.2, -0.15) is 0 Å². The van der Waals surface area contributed by atoms with Gasteiger partial charge in [0.05, 0.1) is 10.5 Å². The minimum Gasteiger partial charge on any atom is -0.483 e. The largest absolute Gasteiger partial charge is 0.483 e. The van der Waals surface area contributed by atoms with E-state index in [2.05, 4.69) is 5.32 Å². The molecule has 7 nitrogen and oxygen atoms in total. The van der Waals surface area contributed by atoms with Crippen LogP contribution >= 0.6 is 0 Å². The number of non-ortho nitro benzene ring substituents is 1. The molecule has 0 aromatic heterocycles. The van der Waals surface area contributed by atoms with E-state index in [9.17, 15) is 19.7 Å². The zero-order valence-electron chi connectivity index (χ0n) is 13.5. The Morgan fingerprint density at radius 3 is 2.65 bits per heavy atom. The Bertz CT molecular complexity index is 995. The van der Waals surface area contributed by atoms with Crippen molar-refractivity contribution in [3.63, 3.8) is 0 Å². The van der Waals surface area contributed by atoms with Crippen LogP contribution in [-0.4, -0.2) is 23.7 Å². The maximum atomic E-state index is 12.2. The number of hydrogen-bond donors (Lipinski definition) is 1. The minimum atomic E-state index is -0.607. The summed E-state index contributed by atoms with van der Waals surface area (Å²) in [6, 6.07) is 16.8. The molecule has 0 fully saturated rings. The van der Waals surface area contributed by atoms with E-state index in [1.807, 2.05) is 36.4 Å². The van der Waals surface area contributed by atoms with Gasteiger partial charge in [-0.1, -0.05) is 36.4 Å². The van der Waals surface area contributed by atoms with Gasteiger partial charge in [-0.25, -0.2) is 0 Å². The Balaban J connectivity index is 1.71. The van der Waals surface area contributed by atoms with E-state index in [0.717, 1.165) is 16.8 Å². The summed E-state index contributed by atoms with van der Waals surface area (Å²) in [6.07, 6.45) is 0.449. The molecule has 3 rings (SSSR count). The van der Waals surface area contributed by atoms with Gasteiger partial charge >= 0.3 is 0 Å². The number of ether oxygens (including phenoxy) is 1. The van der Waals surface area contributed by atoms with Crippen molar-refractivity contribution in [1.29, 1.82) is 0 Å². The van der Waals surface area contributed by atoms with Crippen LogP contribution in [-0.2, 0) is 4.79 Å². The molecule has 7 heteroatoms. The highest BCUT2D eigenvalue weighted by atomic mass is 16.6. The van der Waals surface area contributed by atoms with Crippen molar-refractivity contribution in [3.05, 3.63) is 76.3 Å². The van der Waals surface area contributed by atoms with Gasteiger partial charge < -0.3 is 10.1 Å². The molecule has 0 atom stereocenters. The van der Waals surface area contributed by atoms with Gasteiger partial charge in [-0.3, -0.25) is 19.7 Å². The molecule has 0 aliphatic carbocycles. The first kappa shape index (κ1) is 17.1. The number of rotatable bonds is 6. The Morgan fingerprint density at radius 1 is 1.12 bits per heavy atom. The van der Waals surface area contributed by atoms with E-state index >= 15 is 0 Å². The van der Waals surface area contributed by atoms with Crippen LogP contribution in [0.2, 0.25) is 0 Å². The van der Waals surface area contributed by atoms with Gasteiger partial charge in [0.15, 0.2) is 12.9 Å². The van der Waals surface area contributed by atoms with Crippen LogP contribution in [0.4, 0.5) is 11.4 Å². The zero-order chi connectivity index (χ0) is 18.5. The maximum Gasteiger partial charge on any atom is 0.270 e. The van der Waals surface area contributed by atoms with E-state index < -0.39 is 10.8 Å². The summed E-state index contributed by atoms with van der Waals surface area (Å²) < 4.78 is 5.34. The van der Waals surface area contributed by atoms with Gasteiger partial charge in [-0.05, 0) is 17.5 Å². The molecule has 0 unspecified atom stereocenters. The molecule has 0 aliphatic rings. The summed E-state index contributed by atoms with van der Waals surface area (Å²) >= 11 is 0. The fraction of sp³-hybridized carbons (Fsp3) is 0.0526. The molecule has 130 valence electrons. The topological polar surface area (TPSA) is 98.5 Å². The summed E-state index contributed by atoms with van der Waals surface area (Å²) in [5, 5.41) is 15.4. The van der Waals surface area contributed by atoms with Crippen molar-refractivity contribution in [2.24, 2.45) is 0 Å². The van der Waals surface area contributed by atoms with Crippen molar-refractivity contribution in [1.82, 2.24) is 0 Å². The number of nitro groups is 1. The van der Waals surface area contributed by atoms with E-state index in [-0.39, 0.29) is 23.6 Å². The molecule has 3 aromatic carbocycles. The van der Waals surface area contributed by atoms with Gasteiger partial charge in [-0.15, -0.1) is 0 Å². The van der Waals surface area contributed by atoms with Crippen LogP contribution < -0.4 is 10.1 Å². The van der Waals surface area contributed by atoms with Crippen LogP contribution in [0.1, 0.15) is 10.4 Å². The zero-order valence-corrected chi connectivity index (χ0v) is 13.5. The maximum absolute atomic E-state index is 12.2. The molecular weight excluding hydrogens is 336 g/mol. The van der Waals surface area contributed by atoms with Crippen LogP contribution in [0.3, 0.4) is 0 Å². The van der Waals surface area contributed by atoms with Crippen molar-refractivity contribution in [2.45, 2.75) is 0 Å². The van der Waals surface area contributed by atoms with E-state index in [1.54, 1.807) is 6.07 Å². The second-order valence-corrected chi connectivity index (χ2v) is 5.46. The summed E-state index contributed by atoms with van der Waals surface area (Å²) in [7, 11) is 0. The van der Waals surface area contributed by atoms with Crippen LogP contribution in [0.5, 0.6) is 5.75 Å². The number of anilines is 1. The molecule has 1 N–H and O–H groups in total. The molecule has 0 bridgehead atoms. The molecule has 26 heavy (non-hydrogen) atoms. The smallest absolute Gasteiger partial charge is 0.270 e. The van der Waals surface area contributed by atoms with Gasteiger partial charge in [0, 0.05) is 23.2 Å². The van der Waals surface area contributed by atoms with Crippen molar-refractivity contribution >= 4 is 34.3 Å². The number of nitrogens with zero attached hydrogens (tertiary/aromatic N) is 1. The van der Waals surface area contributed by atoms with Gasteiger partial charge in [0.2, 0.25) is 0 Å². The van der Waals surface area contributed by atoms with Crippen LogP contribution in [0, 0.1) is 10.1 Å². The number of nitrogens with one attached hydrogen (secondary N) is 1. The highest BCUT2D eigenvalue weighted by Crippen LogP contribution is 2.24. The molecule has 3 aromatic rings. The number of aldehydes is 1. The first-order valence-corrected chi connectivity index (χ1v) is 7.72. The number of carbonyl (C=O) groups is 2. The lowest BCUT2D eigenvalue weighted by molar-refractivity contribution is -0.384. The standard InChI is InChI=1S/C19H14N2O5/c22-11-14-10-15(21(24)25)8-9-18(14)26-12-19(23)20-17-7-3-5-13-4-1-2-6-16(13)17/h1-11H,12H2,(H,20,23). The van der Waals surface area contributed by atoms with E-state index in [4.69, 9.17) is 4.74 Å². The Labute approximate surface area is 148 Å². The lowest BCUT2D eigenvalue weighted by atomic mass is 10.1. The Hall–Kier alpha value is -3.74. The normalized spacial score (nSPS) is 10.3. The first-order valence-electron chi connectivity index (χ1n) is 7.72. The quantitative estimate of drug-likeness (QED) is 0.416. The highest BCUT2D eigenvalue weighted by molar-refractivity contribution is 6.02. The predicted octanol–water partition coefficient (Wildman–Crippen LogP) is 3.58. The van der Waals surface area contributed by atoms with Crippen molar-refractivity contribution < 1.29 is 19.2 Å². The van der Waals surface area contributed by atoms with Crippen LogP contribution in [0.25, 0.3) is 10.8 Å². The molecule has 0 aliphatic heterocycles. The average Bonchev–Trinajstić information content (AvgIpc) is 2.66. The van der Waals surface area contributed by atoms with Crippen molar-refractivity contribution in [2.75, 3.05) is 11.9 Å². The van der Waals surface area contributed by atoms with Crippen molar-refractivity contribution in [3.8, 4) is 5.75 Å². The minimum absolute atomic E-state index is 0.0113. The summed E-state index contributed by atoms with van der Waals surface area (Å²) in [5.41, 5.74) is 0.438. The number of amides is 1. The number of hydrogen-bond acceptors (Lipinski definition) is 5. The third-order valence-corrected chi connectivity index (χ3v) is 3.75. The first-order chi connectivity index (χ1) is 12.6. The lowest BCUT2D eigenvalue weighted by Crippen LogP contribution is -2.20. The second-order valence-electron chi connectivity index (χ2n) is 5.46. The molecule has 0 radical (unpaired) electrons. The molecule has 0 spiro atoms. The fourth-order valence-corrected chi connectivity index (χ4v) is 2.54. The van der Waals surface area contributed by atoms with Gasteiger partial charge in [0.25, 0.3) is 11.6 Å². The Kier molecular flexibility index (Phi) is 4.89. The lowest BCUT2D eigenvalue weighted by Gasteiger charge is -2.11. The number of nitro benzene ring substituents is 1. The highest BCUT2D eigenvalue weighted by Gasteiger charge is 2.13. The summed E-state index contributed by atoms with van der Waals surface area (Å²) in [6.45, 7) is -0.331. The third kappa shape index (κ3) is 3.67. The average molecular weight is 350 g/mol. The fourth-order valence-electron chi connectivity index (χ4n) is 2.54. The third-order valence-electron chi connectivity index (χ3n) is 3.75. The van der Waals surface area contributed by atoms with Gasteiger partial charge in [0.1, 0.15) is 5.75 Å². The summed E-state index contributed by atoms with van der Waals surface area (Å²) in [5.74, 6) is -0.296. The monoisotopic (exact) mass is 350 g/mol. The predicted molar refractivity (Wildman–Crippen MR) is 96.6 cm³/mol. The number of carbonyl (C=O) groups excluding carboxylic acids is 2. The van der Waals surface area contributed by atoms with Crippen LogP contribution in [0.15, 0.2) is 60.7 Å². The summed E-state index contributed by atoms with van der Waals surface area (Å²) in [4.78, 5) is 33.4. The number of benzene rings is 3. The molecule has 1 amide bonds. The Morgan fingerprint density at radius 2 is 1.88 bits per heavy atom. The number of fused-ring (bicyclic) bond motifs is 1. The SMILES string of the molecule is O=Cc1cc([N+](=O)[O-])ccc1OCC(=O)Nc1cccc2ccccc12. The molecular formula is C19H14N2O5. The van der Waals surface area contributed by atoms with E-state index in [1.165, 1.54) is 12.1 Å². The van der Waals surface area contributed by atoms with E-state index in [0.29, 0.717) is 12.0 Å². The molecule has 0 saturated carbocycles. The molecule has 0 heterocycles.